The Morgan fingerprint density at radius 3 is 2.18 bits per heavy atom. The third kappa shape index (κ3) is 2.98. The van der Waals surface area contributed by atoms with Crippen LogP contribution in [0.3, 0.4) is 0 Å². The van der Waals surface area contributed by atoms with Gasteiger partial charge in [-0.2, -0.15) is 4.31 Å². The van der Waals surface area contributed by atoms with Crippen molar-refractivity contribution >= 4 is 15.7 Å². The summed E-state index contributed by atoms with van der Waals surface area (Å²) in [5, 5.41) is 0. The first-order chi connectivity index (χ1) is 10.6. The molecule has 6 heteroatoms. The second kappa shape index (κ2) is 6.06. The van der Waals surface area contributed by atoms with Crippen LogP contribution in [0, 0.1) is 5.82 Å². The number of nitrogens with zero attached hydrogens (tertiary/aromatic N) is 2. The van der Waals surface area contributed by atoms with E-state index in [4.69, 9.17) is 0 Å². The average Bonchev–Trinajstić information content (AvgIpc) is 2.56. The maximum absolute atomic E-state index is 13.3. The van der Waals surface area contributed by atoms with E-state index in [1.807, 2.05) is 11.0 Å². The van der Waals surface area contributed by atoms with Crippen molar-refractivity contribution < 1.29 is 12.8 Å². The zero-order valence-electron chi connectivity index (χ0n) is 12.0. The van der Waals surface area contributed by atoms with E-state index in [1.165, 1.54) is 16.4 Å². The third-order valence-electron chi connectivity index (χ3n) is 3.79. The molecule has 22 heavy (non-hydrogen) atoms. The van der Waals surface area contributed by atoms with Crippen LogP contribution in [0.15, 0.2) is 59.5 Å². The molecule has 1 aliphatic rings. The molecule has 0 spiro atoms. The van der Waals surface area contributed by atoms with Crippen molar-refractivity contribution in [1.82, 2.24) is 4.31 Å². The number of hydrogen-bond donors (Lipinski definition) is 0. The van der Waals surface area contributed by atoms with Crippen molar-refractivity contribution in [2.75, 3.05) is 31.1 Å². The highest BCUT2D eigenvalue weighted by Gasteiger charge is 2.28. The predicted octanol–water partition coefficient (Wildman–Crippen LogP) is 2.34. The third-order valence-corrected chi connectivity index (χ3v) is 5.71. The van der Waals surface area contributed by atoms with E-state index in [0.717, 1.165) is 5.69 Å². The summed E-state index contributed by atoms with van der Waals surface area (Å²) in [7, 11) is -3.44. The van der Waals surface area contributed by atoms with E-state index in [9.17, 15) is 12.8 Å². The highest BCUT2D eigenvalue weighted by molar-refractivity contribution is 7.89. The molecule has 0 aliphatic carbocycles. The molecule has 0 bridgehead atoms. The lowest BCUT2D eigenvalue weighted by atomic mass is 10.2. The molecule has 1 heterocycles. The van der Waals surface area contributed by atoms with Crippen LogP contribution in [0.1, 0.15) is 0 Å². The zero-order chi connectivity index (χ0) is 15.6. The van der Waals surface area contributed by atoms with Gasteiger partial charge in [-0.15, -0.1) is 0 Å². The number of piperazine rings is 1. The molecular weight excluding hydrogens is 303 g/mol. The quantitative estimate of drug-likeness (QED) is 0.871. The molecule has 0 aromatic heterocycles. The highest BCUT2D eigenvalue weighted by atomic mass is 32.2. The molecule has 0 radical (unpaired) electrons. The van der Waals surface area contributed by atoms with E-state index in [1.54, 1.807) is 36.4 Å². The molecule has 1 aliphatic heterocycles. The Bertz CT molecular complexity index is 742. The maximum Gasteiger partial charge on any atom is 0.243 e. The molecule has 1 saturated heterocycles. The van der Waals surface area contributed by atoms with Gasteiger partial charge in [0.15, 0.2) is 0 Å². The molecule has 2 aromatic rings. The Labute approximate surface area is 129 Å². The Kier molecular flexibility index (Phi) is 4.13. The lowest BCUT2D eigenvalue weighted by molar-refractivity contribution is 0.384. The minimum absolute atomic E-state index is 0.281. The zero-order valence-corrected chi connectivity index (χ0v) is 12.8. The summed E-state index contributed by atoms with van der Waals surface area (Å²) in [5.41, 5.74) is 0.789. The van der Waals surface area contributed by atoms with Crippen LogP contribution in [0.25, 0.3) is 0 Å². The van der Waals surface area contributed by atoms with E-state index < -0.39 is 10.0 Å². The van der Waals surface area contributed by atoms with Gasteiger partial charge in [-0.3, -0.25) is 0 Å². The molecule has 3 rings (SSSR count). The summed E-state index contributed by atoms with van der Waals surface area (Å²) in [6.07, 6.45) is 0. The molecule has 0 saturated carbocycles. The summed E-state index contributed by atoms with van der Waals surface area (Å²) in [4.78, 5) is 2.31. The summed E-state index contributed by atoms with van der Waals surface area (Å²) in [5.74, 6) is -0.281. The van der Waals surface area contributed by atoms with Crippen LogP contribution in [0.5, 0.6) is 0 Å². The molecule has 4 nitrogen and oxygen atoms in total. The lowest BCUT2D eigenvalue weighted by Gasteiger charge is -2.35. The molecule has 0 atom stereocenters. The van der Waals surface area contributed by atoms with Gasteiger partial charge in [0, 0.05) is 31.9 Å². The van der Waals surface area contributed by atoms with Gasteiger partial charge in [-0.25, -0.2) is 12.8 Å². The van der Waals surface area contributed by atoms with Crippen LogP contribution >= 0.6 is 0 Å². The molecule has 0 unspecified atom stereocenters. The Balaban J connectivity index is 1.72. The van der Waals surface area contributed by atoms with Crippen LogP contribution < -0.4 is 4.90 Å². The van der Waals surface area contributed by atoms with Gasteiger partial charge in [-0.05, 0) is 30.3 Å². The number of halogens is 1. The van der Waals surface area contributed by atoms with E-state index in [2.05, 4.69) is 0 Å². The van der Waals surface area contributed by atoms with E-state index in [0.29, 0.717) is 31.1 Å². The Morgan fingerprint density at radius 2 is 1.55 bits per heavy atom. The minimum atomic E-state index is -3.44. The number of sulfonamides is 1. The second-order valence-corrected chi connectivity index (χ2v) is 7.12. The van der Waals surface area contributed by atoms with Gasteiger partial charge in [0.1, 0.15) is 5.82 Å². The Hall–Kier alpha value is -1.92. The molecule has 2 aromatic carbocycles. The van der Waals surface area contributed by atoms with Gasteiger partial charge in [-0.1, -0.05) is 24.3 Å². The summed E-state index contributed by atoms with van der Waals surface area (Å²) in [6, 6.07) is 14.8. The standard InChI is InChI=1S/C16H17FN2O2S/c17-14-5-4-6-15(13-14)18-9-11-19(12-10-18)22(20,21)16-7-2-1-3-8-16/h1-8,13H,9-12H2. The first-order valence-electron chi connectivity index (χ1n) is 7.13. The number of anilines is 1. The van der Waals surface area contributed by atoms with Gasteiger partial charge < -0.3 is 4.90 Å². The monoisotopic (exact) mass is 320 g/mol. The average molecular weight is 320 g/mol. The molecule has 1 fully saturated rings. The van der Waals surface area contributed by atoms with Gasteiger partial charge in [0.2, 0.25) is 10.0 Å². The normalized spacial score (nSPS) is 16.7. The summed E-state index contributed by atoms with van der Waals surface area (Å²) >= 11 is 0. The fraction of sp³-hybridized carbons (Fsp3) is 0.250. The number of benzene rings is 2. The van der Waals surface area contributed by atoms with Crippen molar-refractivity contribution in [2.24, 2.45) is 0 Å². The van der Waals surface area contributed by atoms with Crippen LogP contribution in [-0.2, 0) is 10.0 Å². The smallest absolute Gasteiger partial charge is 0.243 e. The summed E-state index contributed by atoms with van der Waals surface area (Å²) in [6.45, 7) is 1.90. The van der Waals surface area contributed by atoms with Crippen LogP contribution in [0.2, 0.25) is 0 Å². The van der Waals surface area contributed by atoms with Crippen LogP contribution in [-0.4, -0.2) is 38.9 Å². The fourth-order valence-electron chi connectivity index (χ4n) is 2.60. The molecule has 0 N–H and O–H groups in total. The predicted molar refractivity (Wildman–Crippen MR) is 83.8 cm³/mol. The van der Waals surface area contributed by atoms with Crippen molar-refractivity contribution in [2.45, 2.75) is 4.90 Å². The van der Waals surface area contributed by atoms with Crippen molar-refractivity contribution in [3.05, 3.63) is 60.4 Å². The van der Waals surface area contributed by atoms with Gasteiger partial charge in [0.25, 0.3) is 0 Å². The van der Waals surface area contributed by atoms with Gasteiger partial charge >= 0.3 is 0 Å². The summed E-state index contributed by atoms with van der Waals surface area (Å²) < 4.78 is 39.8. The highest BCUT2D eigenvalue weighted by Crippen LogP contribution is 2.21. The topological polar surface area (TPSA) is 40.6 Å². The Morgan fingerprint density at radius 1 is 0.864 bits per heavy atom. The van der Waals surface area contributed by atoms with Crippen LogP contribution in [0.4, 0.5) is 10.1 Å². The SMILES string of the molecule is O=S(=O)(c1ccccc1)N1CCN(c2cccc(F)c2)CC1. The fourth-order valence-corrected chi connectivity index (χ4v) is 4.04. The van der Waals surface area contributed by atoms with Crippen molar-refractivity contribution in [1.29, 1.82) is 0 Å². The molecule has 116 valence electrons. The largest absolute Gasteiger partial charge is 0.369 e. The first-order valence-corrected chi connectivity index (χ1v) is 8.57. The first kappa shape index (κ1) is 15.0. The number of hydrogen-bond acceptors (Lipinski definition) is 3. The van der Waals surface area contributed by atoms with Crippen molar-refractivity contribution in [3.8, 4) is 0 Å². The van der Waals surface area contributed by atoms with E-state index in [-0.39, 0.29) is 5.82 Å². The minimum Gasteiger partial charge on any atom is -0.369 e. The molecule has 0 amide bonds. The van der Waals surface area contributed by atoms with Crippen molar-refractivity contribution in [3.63, 3.8) is 0 Å². The van der Waals surface area contributed by atoms with E-state index >= 15 is 0 Å². The van der Waals surface area contributed by atoms with Gasteiger partial charge in [0.05, 0.1) is 4.90 Å². The number of rotatable bonds is 3. The lowest BCUT2D eigenvalue weighted by Crippen LogP contribution is -2.48. The second-order valence-electron chi connectivity index (χ2n) is 5.18. The maximum atomic E-state index is 13.3. The molecular formula is C16H17FN2O2S.